The van der Waals surface area contributed by atoms with Crippen LogP contribution in [0.2, 0.25) is 4.47 Å². The third kappa shape index (κ3) is 4.64. The maximum absolute atomic E-state index is 3.63. The second-order valence-corrected chi connectivity index (χ2v) is 6.70. The van der Waals surface area contributed by atoms with E-state index in [2.05, 4.69) is 57.3 Å². The molecule has 0 aliphatic carbocycles. The van der Waals surface area contributed by atoms with Crippen LogP contribution in [0.25, 0.3) is 4.48 Å². The molecule has 0 unspecified atom stereocenters. The summed E-state index contributed by atoms with van der Waals surface area (Å²) >= 11 is 3.71. The average molecular weight is 367 g/mol. The van der Waals surface area contributed by atoms with Gasteiger partial charge in [-0.2, -0.15) is 0 Å². The summed E-state index contributed by atoms with van der Waals surface area (Å²) in [6.07, 6.45) is 2.70. The molecule has 0 N–H and O–H groups in total. The third-order valence-electron chi connectivity index (χ3n) is 1.85. The van der Waals surface area contributed by atoms with Crippen molar-refractivity contribution >= 4 is 41.3 Å². The summed E-state index contributed by atoms with van der Waals surface area (Å²) in [6.45, 7) is 2.25. The van der Waals surface area contributed by atoms with Crippen LogP contribution in [0.1, 0.15) is 25.3 Å². The molecular formula is C12H15BrTe. The molecule has 1 rings (SSSR count). The minimum atomic E-state index is 0.0750. The van der Waals surface area contributed by atoms with Crippen LogP contribution < -0.4 is 0 Å². The SMILES string of the molecule is CCCC[Te]/C=C(\Br)c1ccccc1. The third-order valence-corrected chi connectivity index (χ3v) is 6.13. The Morgan fingerprint density at radius 2 is 2.07 bits per heavy atom. The van der Waals surface area contributed by atoms with Gasteiger partial charge < -0.3 is 0 Å². The van der Waals surface area contributed by atoms with Gasteiger partial charge in [0.25, 0.3) is 0 Å². The van der Waals surface area contributed by atoms with E-state index < -0.39 is 0 Å². The van der Waals surface area contributed by atoms with E-state index in [4.69, 9.17) is 0 Å². The first kappa shape index (κ1) is 12.3. The molecule has 0 saturated heterocycles. The standard InChI is InChI=1S/C12H15BrTe/c1-2-3-9-14-10-12(13)11-7-5-4-6-8-11/h4-8,10H,2-3,9H2,1H3/b12-10-. The Morgan fingerprint density at radius 3 is 2.71 bits per heavy atom. The Labute approximate surface area is 105 Å². The van der Waals surface area contributed by atoms with Gasteiger partial charge in [-0.15, -0.1) is 0 Å². The molecule has 0 nitrogen and oxygen atoms in total. The van der Waals surface area contributed by atoms with Gasteiger partial charge in [0, 0.05) is 0 Å². The molecule has 0 atom stereocenters. The van der Waals surface area contributed by atoms with E-state index in [1.54, 1.807) is 0 Å². The Kier molecular flexibility index (Phi) is 6.60. The Balaban J connectivity index is 2.44. The normalized spacial score (nSPS) is 11.7. The number of unbranched alkanes of at least 4 members (excludes halogenated alkanes) is 1. The molecule has 0 aliphatic heterocycles. The Morgan fingerprint density at radius 1 is 1.36 bits per heavy atom. The first-order valence-electron chi connectivity index (χ1n) is 4.87. The van der Waals surface area contributed by atoms with Gasteiger partial charge in [-0.05, 0) is 0 Å². The number of hydrogen-bond acceptors (Lipinski definition) is 0. The van der Waals surface area contributed by atoms with Gasteiger partial charge in [-0.25, -0.2) is 0 Å². The predicted molar refractivity (Wildman–Crippen MR) is 68.8 cm³/mol. The van der Waals surface area contributed by atoms with E-state index >= 15 is 0 Å². The molecule has 76 valence electrons. The maximum atomic E-state index is 3.63. The molecule has 0 fully saturated rings. The zero-order chi connectivity index (χ0) is 10.2. The molecule has 0 amide bonds. The molecule has 1 aromatic rings. The molecule has 0 radical (unpaired) electrons. The summed E-state index contributed by atoms with van der Waals surface area (Å²) in [4.78, 5) is 0. The summed E-state index contributed by atoms with van der Waals surface area (Å²) < 4.78 is 5.09. The first-order chi connectivity index (χ1) is 6.84. The van der Waals surface area contributed by atoms with Crippen LogP contribution in [-0.2, 0) is 0 Å². The second kappa shape index (κ2) is 7.51. The topological polar surface area (TPSA) is 0 Å². The van der Waals surface area contributed by atoms with Gasteiger partial charge in [0.1, 0.15) is 0 Å². The van der Waals surface area contributed by atoms with Gasteiger partial charge in [0.2, 0.25) is 0 Å². The van der Waals surface area contributed by atoms with Gasteiger partial charge in [0.05, 0.1) is 0 Å². The fourth-order valence-electron chi connectivity index (χ4n) is 1.03. The van der Waals surface area contributed by atoms with Crippen molar-refractivity contribution in [3.05, 3.63) is 40.0 Å². The van der Waals surface area contributed by atoms with Crippen molar-refractivity contribution in [1.29, 1.82) is 0 Å². The fraction of sp³-hybridized carbons (Fsp3) is 0.333. The summed E-state index contributed by atoms with van der Waals surface area (Å²) in [5, 5.41) is 0. The molecule has 14 heavy (non-hydrogen) atoms. The monoisotopic (exact) mass is 368 g/mol. The molecule has 0 aromatic heterocycles. The van der Waals surface area contributed by atoms with Crippen molar-refractivity contribution in [2.75, 3.05) is 0 Å². The molecule has 0 aliphatic rings. The summed E-state index contributed by atoms with van der Waals surface area (Å²) in [5.74, 6) is 0. The van der Waals surface area contributed by atoms with E-state index in [1.807, 2.05) is 0 Å². The van der Waals surface area contributed by atoms with Crippen LogP contribution in [0.4, 0.5) is 0 Å². The predicted octanol–water partition coefficient (Wildman–Crippen LogP) is 4.30. The molecule has 1 aromatic carbocycles. The van der Waals surface area contributed by atoms with Crippen LogP contribution in [0.15, 0.2) is 34.5 Å². The van der Waals surface area contributed by atoms with Gasteiger partial charge in [-0.3, -0.25) is 0 Å². The van der Waals surface area contributed by atoms with E-state index in [-0.39, 0.29) is 20.9 Å². The van der Waals surface area contributed by atoms with Crippen molar-refractivity contribution in [3.8, 4) is 0 Å². The van der Waals surface area contributed by atoms with Gasteiger partial charge >= 0.3 is 106 Å². The minimum absolute atomic E-state index is 0.0750. The number of hydrogen-bond donors (Lipinski definition) is 0. The van der Waals surface area contributed by atoms with E-state index in [9.17, 15) is 0 Å². The molecular weight excluding hydrogens is 352 g/mol. The van der Waals surface area contributed by atoms with E-state index in [0.717, 1.165) is 0 Å². The zero-order valence-corrected chi connectivity index (χ0v) is 12.3. The van der Waals surface area contributed by atoms with Crippen LogP contribution in [-0.4, -0.2) is 20.9 Å². The summed E-state index contributed by atoms with van der Waals surface area (Å²) in [5.41, 5.74) is 1.30. The van der Waals surface area contributed by atoms with Crippen LogP contribution in [0, 0.1) is 0 Å². The zero-order valence-electron chi connectivity index (χ0n) is 8.37. The molecule has 0 saturated carbocycles. The van der Waals surface area contributed by atoms with Crippen LogP contribution >= 0.6 is 15.9 Å². The first-order valence-corrected chi connectivity index (χ1v) is 8.66. The van der Waals surface area contributed by atoms with Crippen molar-refractivity contribution < 1.29 is 0 Å². The van der Waals surface area contributed by atoms with Crippen LogP contribution in [0.5, 0.6) is 0 Å². The average Bonchev–Trinajstić information content (AvgIpc) is 2.25. The number of rotatable bonds is 5. The Bertz CT molecular complexity index is 280. The van der Waals surface area contributed by atoms with Gasteiger partial charge in [0.15, 0.2) is 0 Å². The van der Waals surface area contributed by atoms with E-state index in [1.165, 1.54) is 27.4 Å². The van der Waals surface area contributed by atoms with Crippen molar-refractivity contribution in [2.45, 2.75) is 24.2 Å². The second-order valence-electron chi connectivity index (χ2n) is 3.06. The fourth-order valence-corrected chi connectivity index (χ4v) is 4.62. The van der Waals surface area contributed by atoms with E-state index in [0.29, 0.717) is 0 Å². The molecule has 2 heteroatoms. The van der Waals surface area contributed by atoms with Crippen molar-refractivity contribution in [2.24, 2.45) is 0 Å². The number of halogens is 1. The summed E-state index contributed by atoms with van der Waals surface area (Å²) in [6, 6.07) is 10.5. The van der Waals surface area contributed by atoms with Gasteiger partial charge in [-0.1, -0.05) is 0 Å². The number of benzene rings is 1. The molecule has 0 heterocycles. The quantitative estimate of drug-likeness (QED) is 0.538. The molecule has 0 bridgehead atoms. The summed E-state index contributed by atoms with van der Waals surface area (Å²) in [7, 11) is 0. The molecule has 0 spiro atoms. The van der Waals surface area contributed by atoms with Crippen molar-refractivity contribution in [1.82, 2.24) is 0 Å². The van der Waals surface area contributed by atoms with Crippen LogP contribution in [0.3, 0.4) is 0 Å². The van der Waals surface area contributed by atoms with Crippen molar-refractivity contribution in [3.63, 3.8) is 0 Å². The Hall–Kier alpha value is 0.230.